The summed E-state index contributed by atoms with van der Waals surface area (Å²) in [6.45, 7) is 3.87. The molecule has 5 heteroatoms. The molecule has 0 fully saturated rings. The van der Waals surface area contributed by atoms with E-state index in [1.165, 1.54) is 51.4 Å². The lowest BCUT2D eigenvalue weighted by molar-refractivity contribution is -0.131. The van der Waals surface area contributed by atoms with Crippen molar-refractivity contribution in [3.63, 3.8) is 0 Å². The van der Waals surface area contributed by atoms with Crippen LogP contribution in [0.5, 0.6) is 0 Å². The van der Waals surface area contributed by atoms with E-state index in [0.717, 1.165) is 44.9 Å². The van der Waals surface area contributed by atoms with Crippen LogP contribution in [0.1, 0.15) is 117 Å². The van der Waals surface area contributed by atoms with Crippen LogP contribution in [0.2, 0.25) is 0 Å². The van der Waals surface area contributed by atoms with Gasteiger partial charge in [-0.15, -0.1) is 0 Å². The Balaban J connectivity index is 3.93. The highest BCUT2D eigenvalue weighted by molar-refractivity contribution is 5.80. The minimum absolute atomic E-state index is 0.382. The Labute approximate surface area is 209 Å². The van der Waals surface area contributed by atoms with Crippen molar-refractivity contribution in [3.05, 3.63) is 36.5 Å². The molecule has 4 N–H and O–H groups in total. The highest BCUT2D eigenvalue weighted by Crippen LogP contribution is 2.13. The van der Waals surface area contributed by atoms with Crippen LogP contribution in [0.4, 0.5) is 0 Å². The summed E-state index contributed by atoms with van der Waals surface area (Å²) >= 11 is 0. The molecule has 3 atom stereocenters. The molecule has 0 aromatic heterocycles. The van der Waals surface area contributed by atoms with Crippen LogP contribution < -0.4 is 5.32 Å². The fourth-order valence-corrected chi connectivity index (χ4v) is 3.81. The molecule has 0 bridgehead atoms. The largest absolute Gasteiger partial charge is 0.394 e. The van der Waals surface area contributed by atoms with E-state index in [0.29, 0.717) is 6.42 Å². The monoisotopic (exact) mass is 479 g/mol. The van der Waals surface area contributed by atoms with E-state index in [2.05, 4.69) is 30.5 Å². The van der Waals surface area contributed by atoms with Gasteiger partial charge in [0.1, 0.15) is 6.10 Å². The molecule has 0 aromatic carbocycles. The average molecular weight is 480 g/mol. The van der Waals surface area contributed by atoms with Gasteiger partial charge in [0, 0.05) is 0 Å². The Morgan fingerprint density at radius 2 is 1.26 bits per heavy atom. The van der Waals surface area contributed by atoms with Crippen LogP contribution >= 0.6 is 0 Å². The number of unbranched alkanes of at least 4 members (excludes halogenated alkanes) is 12. The number of amides is 1. The number of hydrogen-bond donors (Lipinski definition) is 4. The molecule has 34 heavy (non-hydrogen) atoms. The summed E-state index contributed by atoms with van der Waals surface area (Å²) < 4.78 is 0. The molecular formula is C29H53NO4. The summed E-state index contributed by atoms with van der Waals surface area (Å²) in [6, 6.07) is -0.813. The Morgan fingerprint density at radius 1 is 0.765 bits per heavy atom. The zero-order valence-corrected chi connectivity index (χ0v) is 22.0. The van der Waals surface area contributed by atoms with Crippen molar-refractivity contribution >= 4 is 5.91 Å². The standard InChI is InChI=1S/C29H53NO4/c1-3-5-7-9-11-13-14-16-18-20-22-24-28(33)29(34)30-26(25-31)27(32)23-21-19-17-15-12-10-8-6-4-2/h4,6,12,15,21,23,26-28,31-33H,3,5,7-11,13-14,16-20,22,24-25H2,1-2H3,(H,30,34)/b6-4+,15-12+,23-21+. The summed E-state index contributed by atoms with van der Waals surface area (Å²) in [5.74, 6) is -0.525. The molecule has 0 aliphatic rings. The molecule has 0 aliphatic heterocycles. The highest BCUT2D eigenvalue weighted by atomic mass is 16.3. The maximum absolute atomic E-state index is 12.2. The number of nitrogens with one attached hydrogen (secondary N) is 1. The molecule has 1 amide bonds. The van der Waals surface area contributed by atoms with Crippen molar-refractivity contribution in [2.24, 2.45) is 0 Å². The number of carbonyl (C=O) groups excluding carboxylic acids is 1. The van der Waals surface area contributed by atoms with Crippen molar-refractivity contribution in [1.82, 2.24) is 5.32 Å². The topological polar surface area (TPSA) is 89.8 Å². The summed E-state index contributed by atoms with van der Waals surface area (Å²) in [6.07, 6.45) is 27.4. The molecule has 0 rings (SSSR count). The third-order valence-corrected chi connectivity index (χ3v) is 6.06. The lowest BCUT2D eigenvalue weighted by Gasteiger charge is -2.21. The molecule has 0 heterocycles. The Kier molecular flexibility index (Phi) is 23.6. The molecule has 0 saturated heterocycles. The first-order valence-corrected chi connectivity index (χ1v) is 13.8. The van der Waals surface area contributed by atoms with Crippen LogP contribution in [0.15, 0.2) is 36.5 Å². The highest BCUT2D eigenvalue weighted by Gasteiger charge is 2.22. The maximum atomic E-state index is 12.2. The van der Waals surface area contributed by atoms with Gasteiger partial charge in [-0.25, -0.2) is 0 Å². The van der Waals surface area contributed by atoms with Crippen molar-refractivity contribution < 1.29 is 20.1 Å². The predicted octanol–water partition coefficient (Wildman–Crippen LogP) is 6.14. The second-order valence-corrected chi connectivity index (χ2v) is 9.25. The van der Waals surface area contributed by atoms with Gasteiger partial charge in [-0.3, -0.25) is 4.79 Å². The van der Waals surface area contributed by atoms with E-state index in [-0.39, 0.29) is 6.61 Å². The zero-order valence-electron chi connectivity index (χ0n) is 22.0. The summed E-state index contributed by atoms with van der Waals surface area (Å²) in [7, 11) is 0. The number of hydrogen-bond acceptors (Lipinski definition) is 4. The fraction of sp³-hybridized carbons (Fsp3) is 0.759. The van der Waals surface area contributed by atoms with E-state index in [1.807, 2.05) is 19.1 Å². The minimum Gasteiger partial charge on any atom is -0.394 e. The number of rotatable bonds is 23. The van der Waals surface area contributed by atoms with E-state index in [1.54, 1.807) is 6.08 Å². The average Bonchev–Trinajstić information content (AvgIpc) is 2.84. The van der Waals surface area contributed by atoms with Crippen molar-refractivity contribution in [1.29, 1.82) is 0 Å². The third-order valence-electron chi connectivity index (χ3n) is 6.06. The number of aliphatic hydroxyl groups is 3. The van der Waals surface area contributed by atoms with Gasteiger partial charge in [-0.1, -0.05) is 114 Å². The molecule has 0 radical (unpaired) electrons. The van der Waals surface area contributed by atoms with E-state index in [9.17, 15) is 20.1 Å². The fourth-order valence-electron chi connectivity index (χ4n) is 3.81. The van der Waals surface area contributed by atoms with Gasteiger partial charge < -0.3 is 20.6 Å². The minimum atomic E-state index is -1.10. The Morgan fingerprint density at radius 3 is 1.79 bits per heavy atom. The summed E-state index contributed by atoms with van der Waals surface area (Å²) in [4.78, 5) is 12.2. The van der Waals surface area contributed by atoms with Crippen LogP contribution in [0, 0.1) is 0 Å². The molecule has 0 saturated carbocycles. The van der Waals surface area contributed by atoms with Gasteiger partial charge >= 0.3 is 0 Å². The number of aliphatic hydroxyl groups excluding tert-OH is 3. The van der Waals surface area contributed by atoms with Gasteiger partial charge in [0.05, 0.1) is 18.8 Å². The molecule has 3 unspecified atom stereocenters. The first-order valence-electron chi connectivity index (χ1n) is 13.8. The molecular weight excluding hydrogens is 426 g/mol. The van der Waals surface area contributed by atoms with Gasteiger partial charge in [0.25, 0.3) is 0 Å². The zero-order chi connectivity index (χ0) is 25.3. The third kappa shape index (κ3) is 20.0. The molecule has 5 nitrogen and oxygen atoms in total. The summed E-state index contributed by atoms with van der Waals surface area (Å²) in [5.41, 5.74) is 0. The molecule has 198 valence electrons. The number of allylic oxidation sites excluding steroid dienone is 5. The lowest BCUT2D eigenvalue weighted by Crippen LogP contribution is -2.48. The van der Waals surface area contributed by atoms with Crippen LogP contribution in [-0.2, 0) is 4.79 Å². The normalized spacial score (nSPS) is 14.9. The number of carbonyl (C=O) groups is 1. The predicted molar refractivity (Wildman–Crippen MR) is 144 cm³/mol. The van der Waals surface area contributed by atoms with Crippen molar-refractivity contribution in [2.75, 3.05) is 6.61 Å². The van der Waals surface area contributed by atoms with Crippen LogP contribution in [0.3, 0.4) is 0 Å². The summed E-state index contributed by atoms with van der Waals surface area (Å²) in [5, 5.41) is 32.5. The van der Waals surface area contributed by atoms with Gasteiger partial charge in [0.2, 0.25) is 5.91 Å². The van der Waals surface area contributed by atoms with Crippen molar-refractivity contribution in [2.45, 2.75) is 135 Å². The van der Waals surface area contributed by atoms with E-state index in [4.69, 9.17) is 0 Å². The van der Waals surface area contributed by atoms with E-state index < -0.39 is 24.2 Å². The Bertz CT molecular complexity index is 544. The maximum Gasteiger partial charge on any atom is 0.249 e. The van der Waals surface area contributed by atoms with Gasteiger partial charge in [0.15, 0.2) is 0 Å². The molecule has 0 aliphatic carbocycles. The van der Waals surface area contributed by atoms with Crippen LogP contribution in [0.25, 0.3) is 0 Å². The smallest absolute Gasteiger partial charge is 0.249 e. The Hall–Kier alpha value is -1.43. The second-order valence-electron chi connectivity index (χ2n) is 9.25. The first-order chi connectivity index (χ1) is 16.6. The van der Waals surface area contributed by atoms with Gasteiger partial charge in [-0.2, -0.15) is 0 Å². The quantitative estimate of drug-likeness (QED) is 0.105. The molecule has 0 aromatic rings. The molecule has 0 spiro atoms. The van der Waals surface area contributed by atoms with Crippen molar-refractivity contribution in [3.8, 4) is 0 Å². The lowest BCUT2D eigenvalue weighted by atomic mass is 10.0. The van der Waals surface area contributed by atoms with Gasteiger partial charge in [-0.05, 0) is 39.0 Å². The van der Waals surface area contributed by atoms with Crippen LogP contribution in [-0.4, -0.2) is 46.1 Å². The SMILES string of the molecule is C/C=C/CC/C=C/CC/C=C/C(O)C(CO)NC(=O)C(O)CCCCCCCCCCCCC. The first kappa shape index (κ1) is 32.6. The second kappa shape index (κ2) is 24.7. The van der Waals surface area contributed by atoms with E-state index >= 15 is 0 Å².